The van der Waals surface area contributed by atoms with Gasteiger partial charge in [-0.15, -0.1) is 0 Å². The molecule has 4 rings (SSSR count). The molecule has 1 aromatic heterocycles. The molecule has 1 saturated heterocycles. The Bertz CT molecular complexity index is 1110. The van der Waals surface area contributed by atoms with Crippen LogP contribution in [0.3, 0.4) is 0 Å². The quantitative estimate of drug-likeness (QED) is 0.454. The maximum atomic E-state index is 13.2. The van der Waals surface area contributed by atoms with E-state index < -0.39 is 11.7 Å². The van der Waals surface area contributed by atoms with Gasteiger partial charge in [-0.25, -0.2) is 4.98 Å². The summed E-state index contributed by atoms with van der Waals surface area (Å²) in [5.74, 6) is 0.890. The van der Waals surface area contributed by atoms with E-state index >= 15 is 0 Å². The minimum Gasteiger partial charge on any atom is -0.497 e. The largest absolute Gasteiger partial charge is 0.497 e. The maximum Gasteiger partial charge on any atom is 0.416 e. The smallest absolute Gasteiger partial charge is 0.416 e. The molecule has 0 bridgehead atoms. The molecule has 34 heavy (non-hydrogen) atoms. The maximum absolute atomic E-state index is 13.2. The van der Waals surface area contributed by atoms with E-state index in [9.17, 15) is 18.0 Å². The summed E-state index contributed by atoms with van der Waals surface area (Å²) in [4.78, 5) is 20.6. The first kappa shape index (κ1) is 23.8. The number of ether oxygens (including phenoxy) is 1. The van der Waals surface area contributed by atoms with Gasteiger partial charge in [0.05, 0.1) is 19.2 Å². The number of amides is 1. The fraction of sp³-hybridized carbons (Fsp3) is 0.360. The summed E-state index contributed by atoms with van der Waals surface area (Å²) in [6.45, 7) is 2.33. The first-order chi connectivity index (χ1) is 16.3. The van der Waals surface area contributed by atoms with E-state index in [-0.39, 0.29) is 24.7 Å². The van der Waals surface area contributed by atoms with Gasteiger partial charge >= 0.3 is 6.18 Å². The van der Waals surface area contributed by atoms with Crippen LogP contribution in [0.1, 0.15) is 45.9 Å². The van der Waals surface area contributed by atoms with Gasteiger partial charge in [0.15, 0.2) is 5.69 Å². The van der Waals surface area contributed by atoms with Gasteiger partial charge in [0.2, 0.25) is 5.89 Å². The fourth-order valence-corrected chi connectivity index (χ4v) is 4.02. The van der Waals surface area contributed by atoms with Gasteiger partial charge in [-0.1, -0.05) is 30.3 Å². The summed E-state index contributed by atoms with van der Waals surface area (Å²) in [7, 11) is 1.58. The van der Waals surface area contributed by atoms with Crippen molar-refractivity contribution in [3.8, 4) is 5.75 Å². The van der Waals surface area contributed by atoms with Crippen LogP contribution in [0.5, 0.6) is 5.75 Å². The lowest BCUT2D eigenvalue weighted by molar-refractivity contribution is -0.137. The van der Waals surface area contributed by atoms with Crippen LogP contribution in [0.2, 0.25) is 0 Å². The van der Waals surface area contributed by atoms with E-state index in [1.54, 1.807) is 18.1 Å². The molecule has 3 aromatic rings. The molecule has 0 radical (unpaired) electrons. The molecule has 1 amide bonds. The molecule has 0 spiro atoms. The molecule has 0 atom stereocenters. The zero-order chi connectivity index (χ0) is 24.1. The summed E-state index contributed by atoms with van der Waals surface area (Å²) in [6, 6.07) is 12.7. The lowest BCUT2D eigenvalue weighted by Gasteiger charge is -2.22. The Morgan fingerprint density at radius 2 is 1.76 bits per heavy atom. The molecule has 1 aliphatic heterocycles. The summed E-state index contributed by atoms with van der Waals surface area (Å²) in [6.07, 6.45) is -1.11. The van der Waals surface area contributed by atoms with Crippen LogP contribution in [0.25, 0.3) is 0 Å². The fourth-order valence-electron chi connectivity index (χ4n) is 4.02. The van der Waals surface area contributed by atoms with Crippen LogP contribution in [-0.2, 0) is 25.8 Å². The van der Waals surface area contributed by atoms with Crippen molar-refractivity contribution in [3.05, 3.63) is 83.1 Å². The van der Waals surface area contributed by atoms with Crippen LogP contribution >= 0.6 is 0 Å². The van der Waals surface area contributed by atoms with Crippen molar-refractivity contribution in [2.45, 2.75) is 38.7 Å². The monoisotopic (exact) mass is 473 g/mol. The Balaban J connectivity index is 1.53. The lowest BCUT2D eigenvalue weighted by atomic mass is 10.1. The molecule has 1 fully saturated rings. The van der Waals surface area contributed by atoms with Crippen molar-refractivity contribution >= 4 is 5.91 Å². The SMILES string of the molecule is COc1ccc(CN(Cc2cccc(C(F)(F)F)c2)Cc2nc(C(=O)N3CCCC3)co2)cc1. The lowest BCUT2D eigenvalue weighted by Crippen LogP contribution is -2.28. The highest BCUT2D eigenvalue weighted by molar-refractivity contribution is 5.92. The predicted octanol–water partition coefficient (Wildman–Crippen LogP) is 5.14. The van der Waals surface area contributed by atoms with Gasteiger partial charge in [0.1, 0.15) is 12.0 Å². The van der Waals surface area contributed by atoms with Crippen LogP contribution < -0.4 is 4.74 Å². The highest BCUT2D eigenvalue weighted by atomic mass is 19.4. The molecular weight excluding hydrogens is 447 g/mol. The summed E-state index contributed by atoms with van der Waals surface area (Å²) >= 11 is 0. The van der Waals surface area contributed by atoms with Gasteiger partial charge in [-0.3, -0.25) is 9.69 Å². The number of likely N-dealkylation sites (tertiary alicyclic amines) is 1. The van der Waals surface area contributed by atoms with Crippen molar-refractivity contribution in [1.29, 1.82) is 0 Å². The second-order valence-electron chi connectivity index (χ2n) is 8.32. The number of aromatic nitrogens is 1. The normalized spacial score (nSPS) is 14.1. The van der Waals surface area contributed by atoms with Crippen molar-refractivity contribution in [3.63, 3.8) is 0 Å². The number of alkyl halides is 3. The highest BCUT2D eigenvalue weighted by Crippen LogP contribution is 2.30. The topological polar surface area (TPSA) is 58.8 Å². The number of hydrogen-bond acceptors (Lipinski definition) is 5. The third kappa shape index (κ3) is 5.96. The summed E-state index contributed by atoms with van der Waals surface area (Å²) < 4.78 is 50.3. The van der Waals surface area contributed by atoms with Crippen molar-refractivity contribution in [2.24, 2.45) is 0 Å². The second-order valence-corrected chi connectivity index (χ2v) is 8.32. The molecule has 0 aliphatic carbocycles. The van der Waals surface area contributed by atoms with Crippen molar-refractivity contribution < 1.29 is 27.1 Å². The number of oxazole rings is 1. The zero-order valence-corrected chi connectivity index (χ0v) is 18.8. The first-order valence-electron chi connectivity index (χ1n) is 11.1. The minimum absolute atomic E-state index is 0.160. The van der Waals surface area contributed by atoms with Crippen LogP contribution in [-0.4, -0.2) is 40.9 Å². The average Bonchev–Trinajstić information content (AvgIpc) is 3.51. The van der Waals surface area contributed by atoms with Crippen LogP contribution in [0, 0.1) is 0 Å². The molecule has 9 heteroatoms. The first-order valence-corrected chi connectivity index (χ1v) is 11.1. The molecule has 2 heterocycles. The molecule has 0 N–H and O–H groups in total. The van der Waals surface area contributed by atoms with Crippen molar-refractivity contribution in [1.82, 2.24) is 14.8 Å². The number of methoxy groups -OCH3 is 1. The second kappa shape index (κ2) is 10.3. The number of carbonyl (C=O) groups excluding carboxylic acids is 1. The Hall–Kier alpha value is -3.33. The van der Waals surface area contributed by atoms with E-state index in [1.165, 1.54) is 12.3 Å². The molecule has 0 saturated carbocycles. The van der Waals surface area contributed by atoms with Gasteiger partial charge in [-0.2, -0.15) is 13.2 Å². The zero-order valence-electron chi connectivity index (χ0n) is 18.8. The summed E-state index contributed by atoms with van der Waals surface area (Å²) in [5.41, 5.74) is 1.03. The number of benzene rings is 2. The molecule has 2 aromatic carbocycles. The number of nitrogens with zero attached hydrogens (tertiary/aromatic N) is 3. The number of hydrogen-bond donors (Lipinski definition) is 0. The van der Waals surface area contributed by atoms with E-state index in [4.69, 9.17) is 9.15 Å². The van der Waals surface area contributed by atoms with Gasteiger partial charge < -0.3 is 14.1 Å². The van der Waals surface area contributed by atoms with Gasteiger partial charge in [-0.05, 0) is 42.2 Å². The molecule has 0 unspecified atom stereocenters. The van der Waals surface area contributed by atoms with E-state index in [1.807, 2.05) is 29.2 Å². The van der Waals surface area contributed by atoms with E-state index in [0.29, 0.717) is 36.8 Å². The number of halogens is 3. The molecule has 1 aliphatic rings. The minimum atomic E-state index is -4.41. The van der Waals surface area contributed by atoms with Crippen LogP contribution in [0.15, 0.2) is 59.2 Å². The highest BCUT2D eigenvalue weighted by Gasteiger charge is 2.30. The number of carbonyl (C=O) groups is 1. The van der Waals surface area contributed by atoms with Crippen molar-refractivity contribution in [2.75, 3.05) is 20.2 Å². The van der Waals surface area contributed by atoms with Gasteiger partial charge in [0.25, 0.3) is 5.91 Å². The molecule has 180 valence electrons. The Morgan fingerprint density at radius 1 is 1.06 bits per heavy atom. The Labute approximate surface area is 195 Å². The van der Waals surface area contributed by atoms with E-state index in [2.05, 4.69) is 4.98 Å². The Kier molecular flexibility index (Phi) is 7.21. The van der Waals surface area contributed by atoms with Crippen LogP contribution in [0.4, 0.5) is 13.2 Å². The summed E-state index contributed by atoms with van der Waals surface area (Å²) in [5, 5.41) is 0. The number of rotatable bonds is 8. The van der Waals surface area contributed by atoms with Gasteiger partial charge in [0, 0.05) is 26.2 Å². The third-order valence-electron chi connectivity index (χ3n) is 5.75. The molecule has 6 nitrogen and oxygen atoms in total. The Morgan fingerprint density at radius 3 is 2.44 bits per heavy atom. The van der Waals surface area contributed by atoms with E-state index in [0.717, 1.165) is 30.5 Å². The third-order valence-corrected chi connectivity index (χ3v) is 5.75. The molecular formula is C25H26F3N3O3. The average molecular weight is 473 g/mol. The predicted molar refractivity (Wildman–Crippen MR) is 119 cm³/mol. The standard InChI is InChI=1S/C25H26F3N3O3/c1-33-21-9-7-18(8-10-21)14-30(15-19-5-4-6-20(13-19)25(26,27)28)16-23-29-22(17-34-23)24(32)31-11-2-3-12-31/h4-10,13,17H,2-3,11-12,14-16H2,1H3.